The summed E-state index contributed by atoms with van der Waals surface area (Å²) < 4.78 is 68.3. The van der Waals surface area contributed by atoms with E-state index in [0.717, 1.165) is 28.9 Å². The molecule has 0 fully saturated rings. The Hall–Kier alpha value is -3.86. The highest BCUT2D eigenvalue weighted by Gasteiger charge is 2.34. The van der Waals surface area contributed by atoms with Crippen molar-refractivity contribution in [2.75, 3.05) is 17.1 Å². The average Bonchev–Trinajstić information content (AvgIpc) is 2.91. The molecule has 3 aromatic carbocycles. The maximum Gasteiger partial charge on any atom is 0.244 e. The zero-order valence-electron chi connectivity index (χ0n) is 22.5. The molecule has 0 heterocycles. The zero-order chi connectivity index (χ0) is 29.4. The predicted octanol–water partition coefficient (Wildman–Crippen LogP) is 4.42. The van der Waals surface area contributed by atoms with E-state index in [4.69, 9.17) is 0 Å². The van der Waals surface area contributed by atoms with Gasteiger partial charge in [-0.25, -0.2) is 21.6 Å². The summed E-state index contributed by atoms with van der Waals surface area (Å²) in [6.07, 6.45) is 1.50. The van der Waals surface area contributed by atoms with E-state index >= 15 is 0 Å². The van der Waals surface area contributed by atoms with Crippen LogP contribution < -0.4 is 9.62 Å². The number of anilines is 1. The number of nitrogens with zero attached hydrogens (tertiary/aromatic N) is 2. The van der Waals surface area contributed by atoms with Crippen molar-refractivity contribution >= 4 is 27.5 Å². The number of sulfonamides is 1. The molecule has 0 aliphatic carbocycles. The highest BCUT2D eigenvalue weighted by molar-refractivity contribution is 7.92. The van der Waals surface area contributed by atoms with Gasteiger partial charge in [0, 0.05) is 30.6 Å². The van der Waals surface area contributed by atoms with Crippen molar-refractivity contribution in [3.63, 3.8) is 0 Å². The molecule has 0 saturated carbocycles. The normalized spacial score (nSPS) is 12.8. The van der Waals surface area contributed by atoms with Gasteiger partial charge in [0.1, 0.15) is 18.4 Å². The van der Waals surface area contributed by atoms with E-state index < -0.39 is 51.9 Å². The lowest BCUT2D eigenvalue weighted by Crippen LogP contribution is -2.54. The first-order chi connectivity index (χ1) is 18.9. The first-order valence-corrected chi connectivity index (χ1v) is 14.6. The molecule has 0 aliphatic heterocycles. The van der Waals surface area contributed by atoms with Crippen LogP contribution in [0.5, 0.6) is 0 Å². The zero-order valence-corrected chi connectivity index (χ0v) is 23.3. The van der Waals surface area contributed by atoms with Crippen molar-refractivity contribution in [2.45, 2.75) is 45.3 Å². The van der Waals surface area contributed by atoms with Crippen molar-refractivity contribution in [1.82, 2.24) is 10.2 Å². The summed E-state index contributed by atoms with van der Waals surface area (Å²) in [7, 11) is -4.16. The van der Waals surface area contributed by atoms with Crippen LogP contribution in [0.2, 0.25) is 0 Å². The summed E-state index contributed by atoms with van der Waals surface area (Å²) in [6.45, 7) is 2.51. The number of benzene rings is 3. The Bertz CT molecular complexity index is 1440. The number of nitrogens with one attached hydrogen (secondary N) is 1. The second-order valence-electron chi connectivity index (χ2n) is 9.50. The number of carbonyl (C=O) groups is 2. The molecule has 214 valence electrons. The maximum atomic E-state index is 14.7. The summed E-state index contributed by atoms with van der Waals surface area (Å²) >= 11 is 0. The third-order valence-electron chi connectivity index (χ3n) is 6.44. The molecule has 1 N–H and O–H groups in total. The van der Waals surface area contributed by atoms with Crippen LogP contribution in [0.3, 0.4) is 0 Å². The number of amides is 2. The third kappa shape index (κ3) is 8.08. The summed E-state index contributed by atoms with van der Waals surface area (Å²) in [5, 5.41) is 2.86. The molecule has 0 spiro atoms. The lowest BCUT2D eigenvalue weighted by Gasteiger charge is -2.34. The van der Waals surface area contributed by atoms with Crippen LogP contribution in [0.25, 0.3) is 0 Å². The Kier molecular flexibility index (Phi) is 10.3. The van der Waals surface area contributed by atoms with Crippen molar-refractivity contribution < 1.29 is 31.2 Å². The molecule has 0 radical (unpaired) electrons. The Morgan fingerprint density at radius 3 is 2.15 bits per heavy atom. The van der Waals surface area contributed by atoms with Crippen LogP contribution in [0.4, 0.5) is 18.9 Å². The van der Waals surface area contributed by atoms with Crippen LogP contribution in [-0.4, -0.2) is 50.0 Å². The topological polar surface area (TPSA) is 86.8 Å². The van der Waals surface area contributed by atoms with Gasteiger partial charge < -0.3 is 10.2 Å². The molecule has 2 atom stereocenters. The molecule has 0 aliphatic rings. The molecule has 7 nitrogen and oxygen atoms in total. The molecule has 2 amide bonds. The summed E-state index contributed by atoms with van der Waals surface area (Å²) in [5.74, 6) is -4.42. The fourth-order valence-corrected chi connectivity index (χ4v) is 4.90. The van der Waals surface area contributed by atoms with Crippen LogP contribution in [-0.2, 0) is 32.6 Å². The second kappa shape index (κ2) is 13.5. The fraction of sp³-hybridized carbons (Fsp3) is 0.310. The van der Waals surface area contributed by atoms with E-state index in [-0.39, 0.29) is 30.3 Å². The van der Waals surface area contributed by atoms with Gasteiger partial charge in [-0.1, -0.05) is 55.5 Å². The first kappa shape index (κ1) is 30.7. The lowest BCUT2D eigenvalue weighted by molar-refractivity contribution is -0.140. The number of hydrogen-bond acceptors (Lipinski definition) is 4. The summed E-state index contributed by atoms with van der Waals surface area (Å²) in [5.41, 5.74) is 0.562. The van der Waals surface area contributed by atoms with Gasteiger partial charge in [-0.2, -0.15) is 0 Å². The van der Waals surface area contributed by atoms with E-state index in [9.17, 15) is 31.2 Å². The molecule has 3 aromatic rings. The Morgan fingerprint density at radius 1 is 0.900 bits per heavy atom. The molecule has 0 bridgehead atoms. The Labute approximate surface area is 232 Å². The first-order valence-electron chi connectivity index (χ1n) is 12.7. The van der Waals surface area contributed by atoms with E-state index in [2.05, 4.69) is 5.32 Å². The van der Waals surface area contributed by atoms with E-state index in [1.807, 2.05) is 6.92 Å². The number of halogens is 3. The predicted molar refractivity (Wildman–Crippen MR) is 147 cm³/mol. The van der Waals surface area contributed by atoms with Gasteiger partial charge in [-0.3, -0.25) is 13.9 Å². The molecule has 11 heteroatoms. The van der Waals surface area contributed by atoms with Gasteiger partial charge in [0.2, 0.25) is 21.8 Å². The molecule has 3 rings (SSSR count). The average molecular weight is 576 g/mol. The molecule has 40 heavy (non-hydrogen) atoms. The monoisotopic (exact) mass is 575 g/mol. The smallest absolute Gasteiger partial charge is 0.244 e. The van der Waals surface area contributed by atoms with Crippen LogP contribution in [0, 0.1) is 17.5 Å². The second-order valence-corrected chi connectivity index (χ2v) is 11.4. The quantitative estimate of drug-likeness (QED) is 0.346. The van der Waals surface area contributed by atoms with Crippen molar-refractivity contribution in [3.05, 3.63) is 101 Å². The highest BCUT2D eigenvalue weighted by Crippen LogP contribution is 2.23. The standard InChI is InChI=1S/C29H32F3N3O4S/c1-4-20(2)33-29(37)27(16-21-10-6-5-7-11-21)34(18-22-12-8-9-13-24(22)30)28(36)19-35(40(3,38)39)23-14-15-25(31)26(32)17-23/h5-15,17,20,27H,4,16,18-19H2,1-3H3,(H,33,37). The van der Waals surface area contributed by atoms with Crippen LogP contribution in [0.15, 0.2) is 72.8 Å². The molecule has 2 unspecified atom stereocenters. The van der Waals surface area contributed by atoms with Gasteiger partial charge in [-0.05, 0) is 37.1 Å². The van der Waals surface area contributed by atoms with E-state index in [1.165, 1.54) is 18.2 Å². The van der Waals surface area contributed by atoms with Gasteiger partial charge in [-0.15, -0.1) is 0 Å². The third-order valence-corrected chi connectivity index (χ3v) is 7.58. The van der Waals surface area contributed by atoms with Crippen molar-refractivity contribution in [3.8, 4) is 0 Å². The van der Waals surface area contributed by atoms with E-state index in [1.54, 1.807) is 43.3 Å². The number of carbonyl (C=O) groups excluding carboxylic acids is 2. The molecule has 0 saturated heterocycles. The SMILES string of the molecule is CCC(C)NC(=O)C(Cc1ccccc1)N(Cc1ccccc1F)C(=O)CN(c1ccc(F)c(F)c1)S(C)(=O)=O. The Balaban J connectivity index is 2.08. The van der Waals surface area contributed by atoms with Crippen molar-refractivity contribution in [1.29, 1.82) is 0 Å². The largest absolute Gasteiger partial charge is 0.352 e. The molecule has 0 aromatic heterocycles. The minimum atomic E-state index is -4.16. The van der Waals surface area contributed by atoms with Crippen LogP contribution in [0.1, 0.15) is 31.4 Å². The highest BCUT2D eigenvalue weighted by atomic mass is 32.2. The summed E-state index contributed by atoms with van der Waals surface area (Å²) in [4.78, 5) is 28.6. The maximum absolute atomic E-state index is 14.7. The number of hydrogen-bond donors (Lipinski definition) is 1. The molecular weight excluding hydrogens is 543 g/mol. The minimum Gasteiger partial charge on any atom is -0.352 e. The van der Waals surface area contributed by atoms with Gasteiger partial charge in [0.25, 0.3) is 0 Å². The number of rotatable bonds is 12. The summed E-state index contributed by atoms with van der Waals surface area (Å²) in [6, 6.07) is 15.7. The Morgan fingerprint density at radius 2 is 1.55 bits per heavy atom. The van der Waals surface area contributed by atoms with Gasteiger partial charge in [0.05, 0.1) is 11.9 Å². The van der Waals surface area contributed by atoms with Gasteiger partial charge >= 0.3 is 0 Å². The fourth-order valence-electron chi connectivity index (χ4n) is 4.06. The lowest BCUT2D eigenvalue weighted by atomic mass is 10.0. The minimum absolute atomic E-state index is 0.0628. The van der Waals surface area contributed by atoms with Gasteiger partial charge in [0.15, 0.2) is 11.6 Å². The van der Waals surface area contributed by atoms with Crippen molar-refractivity contribution in [2.24, 2.45) is 0 Å². The molecular formula is C29H32F3N3O4S. The van der Waals surface area contributed by atoms with Crippen LogP contribution >= 0.6 is 0 Å². The van der Waals surface area contributed by atoms with E-state index in [0.29, 0.717) is 16.8 Å².